The van der Waals surface area contributed by atoms with Gasteiger partial charge in [-0.25, -0.2) is 0 Å². The van der Waals surface area contributed by atoms with E-state index in [0.717, 1.165) is 0 Å². The molecular formula is C11H19ClN2O3. The predicted octanol–water partition coefficient (Wildman–Crippen LogP) is 0.225. The van der Waals surface area contributed by atoms with Crippen LogP contribution >= 0.6 is 11.6 Å². The van der Waals surface area contributed by atoms with Gasteiger partial charge in [-0.05, 0) is 6.92 Å². The number of halogens is 1. The minimum atomic E-state index is -0.508. The number of rotatable bonds is 4. The lowest BCUT2D eigenvalue weighted by Crippen LogP contribution is -2.51. The number of morpholine rings is 1. The van der Waals surface area contributed by atoms with Crippen LogP contribution in [0.15, 0.2) is 0 Å². The van der Waals surface area contributed by atoms with Crippen LogP contribution in [0.2, 0.25) is 0 Å². The van der Waals surface area contributed by atoms with E-state index in [1.807, 2.05) is 0 Å². The van der Waals surface area contributed by atoms with Crippen molar-refractivity contribution in [3.63, 3.8) is 0 Å². The number of alkyl halides is 1. The van der Waals surface area contributed by atoms with Crippen LogP contribution in [0.3, 0.4) is 0 Å². The Balaban J connectivity index is 2.43. The zero-order chi connectivity index (χ0) is 12.8. The number of carbonyl (C=O) groups is 2. The van der Waals surface area contributed by atoms with Crippen LogP contribution in [0.4, 0.5) is 0 Å². The molecule has 0 aromatic carbocycles. The summed E-state index contributed by atoms with van der Waals surface area (Å²) < 4.78 is 5.17. The molecule has 1 aliphatic heterocycles. The van der Waals surface area contributed by atoms with E-state index in [2.05, 4.69) is 5.32 Å². The van der Waals surface area contributed by atoms with Gasteiger partial charge in [-0.3, -0.25) is 9.59 Å². The minimum absolute atomic E-state index is 0.0663. The fraction of sp³-hybridized carbons (Fsp3) is 0.818. The van der Waals surface area contributed by atoms with E-state index in [1.54, 1.807) is 18.7 Å². The van der Waals surface area contributed by atoms with E-state index in [-0.39, 0.29) is 23.6 Å². The molecule has 0 spiro atoms. The Morgan fingerprint density at radius 2 is 1.94 bits per heavy atom. The third-order valence-corrected chi connectivity index (χ3v) is 3.19. The van der Waals surface area contributed by atoms with E-state index in [9.17, 15) is 9.59 Å². The lowest BCUT2D eigenvalue weighted by molar-refractivity contribution is -0.139. The quantitative estimate of drug-likeness (QED) is 0.738. The van der Waals surface area contributed by atoms with E-state index >= 15 is 0 Å². The molecule has 1 rings (SSSR count). The van der Waals surface area contributed by atoms with Crippen LogP contribution < -0.4 is 5.32 Å². The van der Waals surface area contributed by atoms with Crippen LogP contribution in [0.5, 0.6) is 0 Å². The van der Waals surface area contributed by atoms with Gasteiger partial charge in [-0.1, -0.05) is 6.92 Å². The maximum atomic E-state index is 12.0. The van der Waals surface area contributed by atoms with Crippen molar-refractivity contribution in [1.82, 2.24) is 10.2 Å². The molecule has 1 heterocycles. The largest absolute Gasteiger partial charge is 0.378 e. The number of nitrogens with zero attached hydrogens (tertiary/aromatic N) is 1. The van der Waals surface area contributed by atoms with Gasteiger partial charge in [0.15, 0.2) is 0 Å². The number of amides is 2. The summed E-state index contributed by atoms with van der Waals surface area (Å²) in [5.41, 5.74) is 0. The Morgan fingerprint density at radius 3 is 2.47 bits per heavy atom. The molecule has 2 atom stereocenters. The van der Waals surface area contributed by atoms with Crippen molar-refractivity contribution in [1.29, 1.82) is 0 Å². The summed E-state index contributed by atoms with van der Waals surface area (Å²) in [5, 5.41) is 2.67. The van der Waals surface area contributed by atoms with Gasteiger partial charge in [0.1, 0.15) is 6.04 Å². The summed E-state index contributed by atoms with van der Waals surface area (Å²) in [6.07, 6.45) is 0. The molecule has 0 aromatic heterocycles. The average molecular weight is 263 g/mol. The van der Waals surface area contributed by atoms with E-state index in [0.29, 0.717) is 26.3 Å². The molecule has 1 N–H and O–H groups in total. The molecule has 1 fully saturated rings. The van der Waals surface area contributed by atoms with Gasteiger partial charge in [-0.2, -0.15) is 0 Å². The predicted molar refractivity (Wildman–Crippen MR) is 64.9 cm³/mol. The summed E-state index contributed by atoms with van der Waals surface area (Å²) in [4.78, 5) is 25.3. The standard InChI is InChI=1S/C11H19ClN2O3/c1-8(7-12)10(15)13-9(2)11(16)14-3-5-17-6-4-14/h8-9H,3-7H2,1-2H3,(H,13,15). The van der Waals surface area contributed by atoms with Crippen LogP contribution in [0, 0.1) is 5.92 Å². The smallest absolute Gasteiger partial charge is 0.245 e. The van der Waals surface area contributed by atoms with Gasteiger partial charge in [0.25, 0.3) is 0 Å². The number of nitrogens with one attached hydrogen (secondary N) is 1. The number of ether oxygens (including phenoxy) is 1. The van der Waals surface area contributed by atoms with Crippen LogP contribution in [0.25, 0.3) is 0 Å². The number of hydrogen-bond donors (Lipinski definition) is 1. The Labute approximate surface area is 106 Å². The van der Waals surface area contributed by atoms with Crippen LogP contribution in [-0.2, 0) is 14.3 Å². The Bertz CT molecular complexity index is 280. The first kappa shape index (κ1) is 14.3. The lowest BCUT2D eigenvalue weighted by atomic mass is 10.2. The van der Waals surface area contributed by atoms with E-state index in [1.165, 1.54) is 0 Å². The summed E-state index contributed by atoms with van der Waals surface area (Å²) in [6.45, 7) is 5.72. The molecule has 2 unspecified atom stereocenters. The van der Waals surface area contributed by atoms with Crippen molar-refractivity contribution in [3.05, 3.63) is 0 Å². The third-order valence-electron chi connectivity index (χ3n) is 2.73. The van der Waals surface area contributed by atoms with Crippen molar-refractivity contribution in [2.75, 3.05) is 32.2 Å². The fourth-order valence-corrected chi connectivity index (χ4v) is 1.69. The number of carbonyl (C=O) groups excluding carboxylic acids is 2. The highest BCUT2D eigenvalue weighted by Gasteiger charge is 2.24. The van der Waals surface area contributed by atoms with Crippen molar-refractivity contribution in [2.45, 2.75) is 19.9 Å². The van der Waals surface area contributed by atoms with Gasteiger partial charge in [0.2, 0.25) is 11.8 Å². The molecule has 0 aromatic rings. The van der Waals surface area contributed by atoms with Crippen molar-refractivity contribution in [2.24, 2.45) is 5.92 Å². The Morgan fingerprint density at radius 1 is 1.35 bits per heavy atom. The highest BCUT2D eigenvalue weighted by atomic mass is 35.5. The van der Waals surface area contributed by atoms with Crippen LogP contribution in [-0.4, -0.2) is 54.9 Å². The first-order valence-electron chi connectivity index (χ1n) is 5.79. The van der Waals surface area contributed by atoms with E-state index < -0.39 is 6.04 Å². The molecule has 17 heavy (non-hydrogen) atoms. The molecular weight excluding hydrogens is 244 g/mol. The monoisotopic (exact) mass is 262 g/mol. The van der Waals surface area contributed by atoms with Gasteiger partial charge in [-0.15, -0.1) is 11.6 Å². The molecule has 0 saturated carbocycles. The average Bonchev–Trinajstić information content (AvgIpc) is 2.37. The second-order valence-electron chi connectivity index (χ2n) is 4.22. The zero-order valence-electron chi connectivity index (χ0n) is 10.2. The molecule has 5 nitrogen and oxygen atoms in total. The molecule has 0 bridgehead atoms. The highest BCUT2D eigenvalue weighted by Crippen LogP contribution is 2.03. The van der Waals surface area contributed by atoms with E-state index in [4.69, 9.17) is 16.3 Å². The summed E-state index contributed by atoms with van der Waals surface area (Å²) >= 11 is 5.59. The Kier molecular flexibility index (Phi) is 5.71. The van der Waals surface area contributed by atoms with Gasteiger partial charge >= 0.3 is 0 Å². The molecule has 6 heteroatoms. The molecule has 2 amide bonds. The van der Waals surface area contributed by atoms with Gasteiger partial charge < -0.3 is 15.0 Å². The number of hydrogen-bond acceptors (Lipinski definition) is 3. The topological polar surface area (TPSA) is 58.6 Å². The molecule has 98 valence electrons. The second kappa shape index (κ2) is 6.81. The molecule has 1 saturated heterocycles. The molecule has 1 aliphatic rings. The van der Waals surface area contributed by atoms with Crippen molar-refractivity contribution in [3.8, 4) is 0 Å². The van der Waals surface area contributed by atoms with Crippen molar-refractivity contribution >= 4 is 23.4 Å². The fourth-order valence-electron chi connectivity index (χ4n) is 1.55. The SMILES string of the molecule is CC(CCl)C(=O)NC(C)C(=O)N1CCOCC1. The first-order valence-corrected chi connectivity index (χ1v) is 6.32. The maximum absolute atomic E-state index is 12.0. The summed E-state index contributed by atoms with van der Waals surface area (Å²) in [7, 11) is 0. The van der Waals surface area contributed by atoms with Crippen molar-refractivity contribution < 1.29 is 14.3 Å². The lowest BCUT2D eigenvalue weighted by Gasteiger charge is -2.29. The minimum Gasteiger partial charge on any atom is -0.378 e. The highest BCUT2D eigenvalue weighted by molar-refractivity contribution is 6.19. The second-order valence-corrected chi connectivity index (χ2v) is 4.53. The van der Waals surface area contributed by atoms with Gasteiger partial charge in [0, 0.05) is 24.9 Å². The summed E-state index contributed by atoms with van der Waals surface area (Å²) in [5.74, 6) is -0.279. The zero-order valence-corrected chi connectivity index (χ0v) is 11.0. The summed E-state index contributed by atoms with van der Waals surface area (Å²) in [6, 6.07) is -0.508. The van der Waals surface area contributed by atoms with Gasteiger partial charge in [0.05, 0.1) is 13.2 Å². The first-order chi connectivity index (χ1) is 8.06. The molecule has 0 radical (unpaired) electrons. The third kappa shape index (κ3) is 4.16. The maximum Gasteiger partial charge on any atom is 0.245 e. The van der Waals surface area contributed by atoms with Crippen LogP contribution in [0.1, 0.15) is 13.8 Å². The molecule has 0 aliphatic carbocycles. The Hall–Kier alpha value is -0.810. The normalized spacial score (nSPS) is 19.6.